The summed E-state index contributed by atoms with van der Waals surface area (Å²) in [6, 6.07) is 28.4. The van der Waals surface area contributed by atoms with Gasteiger partial charge in [0, 0.05) is 27.3 Å². The first-order valence-electron chi connectivity index (χ1n) is 8.97. The van der Waals surface area contributed by atoms with Crippen LogP contribution in [0.15, 0.2) is 84.9 Å². The molecular formula is C24H14F4OS. The fourth-order valence-electron chi connectivity index (χ4n) is 3.21. The quantitative estimate of drug-likeness (QED) is 0.160. The molecule has 0 spiro atoms. The molecule has 5 rings (SSSR count). The molecule has 6 heteroatoms. The zero-order chi connectivity index (χ0) is 21.3. The first-order valence-corrected chi connectivity index (χ1v) is 10.2. The van der Waals surface area contributed by atoms with E-state index in [1.54, 1.807) is 0 Å². The van der Waals surface area contributed by atoms with E-state index in [9.17, 15) is 22.7 Å². The van der Waals surface area contributed by atoms with Gasteiger partial charge in [0.1, 0.15) is 0 Å². The zero-order valence-corrected chi connectivity index (χ0v) is 16.2. The molecule has 0 N–H and O–H groups in total. The zero-order valence-electron chi connectivity index (χ0n) is 15.4. The normalized spacial score (nSPS) is 10.8. The Morgan fingerprint density at radius 3 is 1.50 bits per heavy atom. The van der Waals surface area contributed by atoms with Crippen molar-refractivity contribution in [2.45, 2.75) is 0 Å². The van der Waals surface area contributed by atoms with Crippen LogP contribution < -0.4 is 5.11 Å². The van der Waals surface area contributed by atoms with Crippen LogP contribution in [-0.2, 0) is 0 Å². The molecule has 1 aromatic heterocycles. The van der Waals surface area contributed by atoms with Crippen molar-refractivity contribution in [1.82, 2.24) is 0 Å². The van der Waals surface area contributed by atoms with E-state index in [4.69, 9.17) is 0 Å². The number of hydrogen-bond donors (Lipinski definition) is 0. The third kappa shape index (κ3) is 3.50. The summed E-state index contributed by atoms with van der Waals surface area (Å²) in [6.45, 7) is 0. The van der Waals surface area contributed by atoms with Crippen molar-refractivity contribution in [3.8, 4) is 10.6 Å². The maximum absolute atomic E-state index is 12.1. The Balaban J connectivity index is 0.000000170. The van der Waals surface area contributed by atoms with Crippen LogP contribution in [0.3, 0.4) is 0 Å². The third-order valence-electron chi connectivity index (χ3n) is 4.55. The van der Waals surface area contributed by atoms with Crippen LogP contribution in [0.25, 0.3) is 25.1 Å². The van der Waals surface area contributed by atoms with E-state index in [-0.39, 0.29) is 16.5 Å². The predicted octanol–water partition coefficient (Wildman–Crippen LogP) is 7.05. The average Bonchev–Trinajstić information content (AvgIpc) is 3.12. The van der Waals surface area contributed by atoms with Gasteiger partial charge in [-0.15, -0.1) is 0 Å². The standard InChI is InChI=1S/C18H13S.C6H2F4O/c1-2-8-14(9-3-1)19-17-12-6-4-10-15(17)16-11-5-7-13-18(16)19;7-2-1-3(8)5(10)6(11)4(2)9/h1-13H;1,11H/q+1;/p-1. The molecule has 1 nitrogen and oxygen atoms in total. The van der Waals surface area contributed by atoms with Gasteiger partial charge in [0.2, 0.25) is 0 Å². The Morgan fingerprint density at radius 2 is 1.00 bits per heavy atom. The van der Waals surface area contributed by atoms with Gasteiger partial charge < -0.3 is 5.11 Å². The molecule has 0 radical (unpaired) electrons. The second-order valence-corrected chi connectivity index (χ2v) is 8.37. The lowest BCUT2D eigenvalue weighted by atomic mass is 10.2. The van der Waals surface area contributed by atoms with Crippen molar-refractivity contribution in [2.24, 2.45) is 0 Å². The summed E-state index contributed by atoms with van der Waals surface area (Å²) in [5.74, 6) is -9.06. The summed E-state index contributed by atoms with van der Waals surface area (Å²) in [5, 5.41) is 13.0. The Labute approximate surface area is 172 Å². The van der Waals surface area contributed by atoms with Crippen LogP contribution >= 0.6 is 10.5 Å². The molecule has 0 unspecified atom stereocenters. The van der Waals surface area contributed by atoms with Crippen LogP contribution in [0, 0.1) is 23.3 Å². The van der Waals surface area contributed by atoms with Gasteiger partial charge in [-0.05, 0) is 42.1 Å². The van der Waals surface area contributed by atoms with E-state index in [1.807, 2.05) is 0 Å². The first kappa shape index (κ1) is 19.9. The lowest BCUT2D eigenvalue weighted by Gasteiger charge is -2.08. The lowest BCUT2D eigenvalue weighted by molar-refractivity contribution is -0.277. The minimum Gasteiger partial charge on any atom is -0.868 e. The largest absolute Gasteiger partial charge is 0.868 e. The molecule has 0 aliphatic rings. The molecule has 0 fully saturated rings. The topological polar surface area (TPSA) is 23.1 Å². The molecule has 0 saturated carbocycles. The summed E-state index contributed by atoms with van der Waals surface area (Å²) >= 11 is 0. The van der Waals surface area contributed by atoms with E-state index in [0.29, 0.717) is 0 Å². The predicted molar refractivity (Wildman–Crippen MR) is 111 cm³/mol. The lowest BCUT2D eigenvalue weighted by Crippen LogP contribution is -2.03. The third-order valence-corrected chi connectivity index (χ3v) is 6.89. The molecule has 5 aromatic rings. The SMILES string of the molecule is [O-]c1c(F)c(F)cc(F)c1F.c1ccc(-[s+]2c3ccccc3c3ccccc32)cc1. The van der Waals surface area contributed by atoms with E-state index in [2.05, 4.69) is 78.9 Å². The summed E-state index contributed by atoms with van der Waals surface area (Å²) in [7, 11) is 0.0594. The smallest absolute Gasteiger partial charge is 0.187 e. The number of rotatable bonds is 1. The van der Waals surface area contributed by atoms with E-state index in [1.165, 1.54) is 25.1 Å². The number of thiophene rings is 1. The van der Waals surface area contributed by atoms with Gasteiger partial charge in [0.15, 0.2) is 37.6 Å². The minimum atomic E-state index is -1.90. The van der Waals surface area contributed by atoms with Crippen molar-refractivity contribution < 1.29 is 22.7 Å². The van der Waals surface area contributed by atoms with Gasteiger partial charge in [-0.1, -0.05) is 42.5 Å². The molecule has 0 bridgehead atoms. The Hall–Kier alpha value is -3.38. The summed E-state index contributed by atoms with van der Waals surface area (Å²) in [4.78, 5) is 1.40. The monoisotopic (exact) mass is 426 g/mol. The van der Waals surface area contributed by atoms with Gasteiger partial charge in [-0.2, -0.15) is 0 Å². The molecule has 0 aliphatic heterocycles. The number of halogens is 4. The van der Waals surface area contributed by atoms with E-state index >= 15 is 0 Å². The summed E-state index contributed by atoms with van der Waals surface area (Å²) in [5.41, 5.74) is 0. The first-order chi connectivity index (χ1) is 14.5. The molecule has 0 aliphatic carbocycles. The molecule has 1 heterocycles. The number of hydrogen-bond acceptors (Lipinski definition) is 1. The van der Waals surface area contributed by atoms with Crippen molar-refractivity contribution >= 4 is 30.6 Å². The van der Waals surface area contributed by atoms with E-state index < -0.39 is 29.0 Å². The molecular weight excluding hydrogens is 412 g/mol. The van der Waals surface area contributed by atoms with Crippen LogP contribution in [0.2, 0.25) is 0 Å². The highest BCUT2D eigenvalue weighted by molar-refractivity contribution is 7.50. The number of fused-ring (bicyclic) bond motifs is 3. The number of benzene rings is 4. The maximum atomic E-state index is 12.1. The Kier molecular flexibility index (Phi) is 5.42. The van der Waals surface area contributed by atoms with Gasteiger partial charge >= 0.3 is 0 Å². The second-order valence-electron chi connectivity index (χ2n) is 6.41. The van der Waals surface area contributed by atoms with Crippen molar-refractivity contribution in [3.05, 3.63) is 108 Å². The summed E-state index contributed by atoms with van der Waals surface area (Å²) < 4.78 is 51.1. The van der Waals surface area contributed by atoms with Crippen molar-refractivity contribution in [3.63, 3.8) is 0 Å². The molecule has 30 heavy (non-hydrogen) atoms. The summed E-state index contributed by atoms with van der Waals surface area (Å²) in [6.07, 6.45) is 0. The average molecular weight is 426 g/mol. The van der Waals surface area contributed by atoms with Crippen molar-refractivity contribution in [2.75, 3.05) is 0 Å². The highest BCUT2D eigenvalue weighted by Gasteiger charge is 2.22. The Bertz CT molecular complexity index is 1270. The highest BCUT2D eigenvalue weighted by Crippen LogP contribution is 2.47. The van der Waals surface area contributed by atoms with Gasteiger partial charge in [-0.3, -0.25) is 0 Å². The second kappa shape index (κ2) is 8.16. The Morgan fingerprint density at radius 1 is 0.567 bits per heavy atom. The van der Waals surface area contributed by atoms with Crippen LogP contribution in [0.5, 0.6) is 5.75 Å². The van der Waals surface area contributed by atoms with E-state index in [0.717, 1.165) is 0 Å². The molecule has 0 saturated heterocycles. The minimum absolute atomic E-state index is 0.0218. The van der Waals surface area contributed by atoms with Gasteiger partial charge in [0.05, 0.1) is 0 Å². The molecule has 0 amide bonds. The maximum Gasteiger partial charge on any atom is 0.187 e. The molecule has 150 valence electrons. The molecule has 4 aromatic carbocycles. The highest BCUT2D eigenvalue weighted by atomic mass is 32.2. The van der Waals surface area contributed by atoms with Crippen LogP contribution in [0.1, 0.15) is 0 Å². The van der Waals surface area contributed by atoms with Crippen LogP contribution in [0.4, 0.5) is 17.6 Å². The van der Waals surface area contributed by atoms with Crippen molar-refractivity contribution in [1.29, 1.82) is 0 Å². The fourth-order valence-corrected chi connectivity index (χ4v) is 5.61. The van der Waals surface area contributed by atoms with Gasteiger partial charge in [0.25, 0.3) is 0 Å². The van der Waals surface area contributed by atoms with Gasteiger partial charge in [-0.25, -0.2) is 17.6 Å². The fraction of sp³-hybridized carbons (Fsp3) is 0. The molecule has 0 atom stereocenters. The van der Waals surface area contributed by atoms with Crippen LogP contribution in [-0.4, -0.2) is 0 Å².